The van der Waals surface area contributed by atoms with E-state index in [2.05, 4.69) is 22.4 Å². The van der Waals surface area contributed by atoms with Crippen molar-refractivity contribution in [3.63, 3.8) is 0 Å². The molecular weight excluding hydrogens is 589 g/mol. The zero-order chi connectivity index (χ0) is 28.7. The molecule has 3 nitrogen and oxygen atoms in total. The summed E-state index contributed by atoms with van der Waals surface area (Å²) in [5, 5.41) is 2.74. The summed E-state index contributed by atoms with van der Waals surface area (Å²) in [7, 11) is 0. The second kappa shape index (κ2) is 12.8. The predicted molar refractivity (Wildman–Crippen MR) is 177 cm³/mol. The van der Waals surface area contributed by atoms with Gasteiger partial charge in [0.2, 0.25) is 0 Å². The van der Waals surface area contributed by atoms with Crippen LogP contribution in [0.15, 0.2) is 109 Å². The third kappa shape index (κ3) is 5.22. The van der Waals surface area contributed by atoms with Gasteiger partial charge in [-0.3, -0.25) is 0 Å². The van der Waals surface area contributed by atoms with Crippen LogP contribution in [0, 0.1) is 0 Å². The number of amides is 2. The molecule has 5 heteroatoms. The van der Waals surface area contributed by atoms with E-state index >= 15 is 0 Å². The second-order valence-electron chi connectivity index (χ2n) is 11.0. The van der Waals surface area contributed by atoms with Gasteiger partial charge in [-0.05, 0) is 0 Å². The number of fused-ring (bicyclic) bond motifs is 1. The van der Waals surface area contributed by atoms with Gasteiger partial charge in [-0.25, -0.2) is 0 Å². The number of imide groups is 1. The first-order valence-corrected chi connectivity index (χ1v) is 19.1. The Labute approximate surface area is 252 Å². The van der Waals surface area contributed by atoms with Crippen LogP contribution < -0.4 is 15.9 Å². The van der Waals surface area contributed by atoms with Crippen molar-refractivity contribution < 1.29 is 9.59 Å². The average Bonchev–Trinajstić information content (AvgIpc) is 3.30. The number of hydrogen-bond acceptors (Lipinski definition) is 2. The molecule has 0 radical (unpaired) electrons. The van der Waals surface area contributed by atoms with E-state index in [4.69, 9.17) is 0 Å². The van der Waals surface area contributed by atoms with E-state index in [0.717, 1.165) is 40.7 Å². The summed E-state index contributed by atoms with van der Waals surface area (Å²) in [6, 6.07) is 35.8. The van der Waals surface area contributed by atoms with Crippen LogP contribution in [0.5, 0.6) is 0 Å². The molecule has 0 aromatic heterocycles. The monoisotopic (exact) mass is 627 g/mol. The molecule has 0 aliphatic carbocycles. The van der Waals surface area contributed by atoms with Gasteiger partial charge < -0.3 is 0 Å². The summed E-state index contributed by atoms with van der Waals surface area (Å²) in [4.78, 5) is 29.3. The van der Waals surface area contributed by atoms with Crippen molar-refractivity contribution in [3.05, 3.63) is 126 Å². The van der Waals surface area contributed by atoms with Crippen molar-refractivity contribution in [1.29, 1.82) is 0 Å². The van der Waals surface area contributed by atoms with Crippen LogP contribution in [0.1, 0.15) is 84.6 Å². The van der Waals surface area contributed by atoms with E-state index in [0.29, 0.717) is 11.1 Å². The van der Waals surface area contributed by atoms with Gasteiger partial charge in [0.1, 0.15) is 0 Å². The molecule has 0 saturated heterocycles. The summed E-state index contributed by atoms with van der Waals surface area (Å²) in [5.74, 6) is -0.458. The van der Waals surface area contributed by atoms with Crippen LogP contribution in [-0.4, -0.2) is 16.5 Å². The number of unbranched alkanes of at least 4 members (excludes halogenated alkanes) is 7. The summed E-state index contributed by atoms with van der Waals surface area (Å²) < 4.78 is 1.59. The molecule has 0 bridgehead atoms. The molecule has 0 spiro atoms. The fraction of sp³-hybridized carbons (Fsp3) is 0.278. The Morgan fingerprint density at radius 2 is 1.02 bits per heavy atom. The molecule has 4 aromatic rings. The van der Waals surface area contributed by atoms with E-state index in [1.54, 1.807) is 4.67 Å². The van der Waals surface area contributed by atoms with Crippen molar-refractivity contribution in [2.75, 3.05) is 0 Å². The topological polar surface area (TPSA) is 37.4 Å². The minimum absolute atomic E-state index is 0.216. The zero-order valence-electron chi connectivity index (χ0n) is 23.8. The Kier molecular flexibility index (Phi) is 9.22. The van der Waals surface area contributed by atoms with Gasteiger partial charge >= 0.3 is 240 Å². The summed E-state index contributed by atoms with van der Waals surface area (Å²) in [6.45, 7) is 2.24. The number of carbonyl (C=O) groups excluding carboxylic acids is 2. The molecule has 0 saturated carbocycles. The van der Waals surface area contributed by atoms with Gasteiger partial charge in [0.15, 0.2) is 0 Å². The maximum atomic E-state index is 14.7. The number of nitrogens with zero attached hydrogens (tertiary/aromatic N) is 1. The third-order valence-electron chi connectivity index (χ3n) is 8.34. The van der Waals surface area contributed by atoms with Crippen molar-refractivity contribution in [3.8, 4) is 0 Å². The zero-order valence-corrected chi connectivity index (χ0v) is 26.3. The van der Waals surface area contributed by atoms with Crippen molar-refractivity contribution in [1.82, 2.24) is 4.67 Å². The number of hydrogen-bond donors (Lipinski definition) is 0. The van der Waals surface area contributed by atoms with Gasteiger partial charge in [0.05, 0.1) is 0 Å². The standard InChI is InChI=1S/C36H39BrNO2P/c1-2-3-4-5-6-7-8-12-20-29-21-19-28-33-34(29)36(40)38(35(33)39)41(37,30-22-13-9-14-23-30,31-24-15-10-16-25-31)32-26-17-11-18-27-32/h9-11,13-19,21-28H,2-8,12,20H2,1H3. The third-order valence-corrected chi connectivity index (χ3v) is 17.8. The Morgan fingerprint density at radius 3 is 1.51 bits per heavy atom. The Balaban J connectivity index is 1.58. The number of aryl methyl sites for hydroxylation is 1. The average molecular weight is 629 g/mol. The molecular formula is C36H39BrNO2P. The van der Waals surface area contributed by atoms with E-state index in [-0.39, 0.29) is 11.8 Å². The normalized spacial score (nSPS) is 14.1. The van der Waals surface area contributed by atoms with E-state index in [1.165, 1.54) is 38.5 Å². The van der Waals surface area contributed by atoms with Gasteiger partial charge in [0, 0.05) is 0 Å². The van der Waals surface area contributed by atoms with Crippen molar-refractivity contribution in [2.45, 2.75) is 64.7 Å². The molecule has 5 rings (SSSR count). The molecule has 1 aliphatic heterocycles. The summed E-state index contributed by atoms with van der Waals surface area (Å²) >= 11 is 4.32. The summed E-state index contributed by atoms with van der Waals surface area (Å²) in [5.41, 5.74) is -1.94. The van der Waals surface area contributed by atoms with Crippen LogP contribution in [-0.2, 0) is 6.42 Å². The number of benzene rings is 4. The van der Waals surface area contributed by atoms with Gasteiger partial charge in [-0.2, -0.15) is 0 Å². The van der Waals surface area contributed by atoms with Gasteiger partial charge in [0.25, 0.3) is 0 Å². The van der Waals surface area contributed by atoms with Crippen molar-refractivity contribution in [2.24, 2.45) is 0 Å². The van der Waals surface area contributed by atoms with Gasteiger partial charge in [-0.1, -0.05) is 13.3 Å². The Bertz CT molecular complexity index is 1390. The van der Waals surface area contributed by atoms with Crippen LogP contribution in [0.3, 0.4) is 0 Å². The SMILES string of the molecule is CCCCCCCCCCc1cccc2c1C(=O)N(P(Br)(c1ccccc1)(c1ccccc1)c1ccccc1)C2=O. The van der Waals surface area contributed by atoms with E-state index < -0.39 is 5.46 Å². The molecule has 212 valence electrons. The fourth-order valence-electron chi connectivity index (χ4n) is 6.24. The quantitative estimate of drug-likeness (QED) is 0.0844. The molecule has 0 N–H and O–H groups in total. The molecule has 0 atom stereocenters. The number of halogens is 1. The molecule has 0 unspecified atom stereocenters. The molecule has 4 aromatic carbocycles. The first-order chi connectivity index (χ1) is 20.0. The summed E-state index contributed by atoms with van der Waals surface area (Å²) in [6.07, 6.45) is 10.6. The molecule has 1 aliphatic rings. The van der Waals surface area contributed by atoms with Crippen molar-refractivity contribution >= 4 is 48.7 Å². The Morgan fingerprint density at radius 1 is 0.561 bits per heavy atom. The van der Waals surface area contributed by atoms with Crippen LogP contribution in [0.25, 0.3) is 0 Å². The molecule has 2 amide bonds. The minimum atomic E-state index is -3.98. The molecule has 41 heavy (non-hydrogen) atoms. The van der Waals surface area contributed by atoms with E-state index in [9.17, 15) is 9.59 Å². The Hall–Kier alpha value is -3.07. The second-order valence-corrected chi connectivity index (χ2v) is 19.0. The number of rotatable bonds is 13. The fourth-order valence-corrected chi connectivity index (χ4v) is 13.9. The van der Waals surface area contributed by atoms with Crippen LogP contribution in [0.2, 0.25) is 0 Å². The number of carbonyl (C=O) groups is 2. The molecule has 1 heterocycles. The maximum absolute atomic E-state index is 14.7. The van der Waals surface area contributed by atoms with Gasteiger partial charge in [-0.15, -0.1) is 0 Å². The predicted octanol–water partition coefficient (Wildman–Crippen LogP) is 8.72. The van der Waals surface area contributed by atoms with Crippen LogP contribution in [0.4, 0.5) is 0 Å². The first kappa shape index (κ1) is 29.4. The van der Waals surface area contributed by atoms with E-state index in [1.807, 2.05) is 109 Å². The first-order valence-electron chi connectivity index (χ1n) is 14.9. The molecule has 0 fully saturated rings. The van der Waals surface area contributed by atoms with Crippen LogP contribution >= 0.6 is 20.9 Å².